The van der Waals surface area contributed by atoms with Gasteiger partial charge in [-0.15, -0.1) is 0 Å². The number of anilines is 1. The third-order valence-corrected chi connectivity index (χ3v) is 2.64. The maximum atomic E-state index is 12.6. The number of aromatic nitrogens is 1. The van der Waals surface area contributed by atoms with Crippen molar-refractivity contribution in [1.29, 1.82) is 0 Å². The van der Waals surface area contributed by atoms with E-state index in [0.29, 0.717) is 5.82 Å². The van der Waals surface area contributed by atoms with Crippen molar-refractivity contribution in [3.8, 4) is 0 Å². The highest BCUT2D eigenvalue weighted by Gasteiger charge is 2.19. The summed E-state index contributed by atoms with van der Waals surface area (Å²) in [5, 5.41) is 3.17. The van der Waals surface area contributed by atoms with Gasteiger partial charge >= 0.3 is 0 Å². The molecule has 0 saturated carbocycles. The zero-order chi connectivity index (χ0) is 11.5. The number of hydrogen-bond acceptors (Lipinski definition) is 3. The minimum Gasteiger partial charge on any atom is -0.368 e. The summed E-state index contributed by atoms with van der Waals surface area (Å²) >= 11 is 0. The highest BCUT2D eigenvalue weighted by atomic mass is 19.1. The molecule has 0 atom stereocenters. The van der Waals surface area contributed by atoms with E-state index in [9.17, 15) is 4.39 Å². The third-order valence-electron chi connectivity index (χ3n) is 2.64. The summed E-state index contributed by atoms with van der Waals surface area (Å²) < 4.78 is 12.6. The van der Waals surface area contributed by atoms with E-state index in [1.165, 1.54) is 12.3 Å². The second kappa shape index (κ2) is 4.57. The first-order valence-corrected chi connectivity index (χ1v) is 4.95. The van der Waals surface area contributed by atoms with Crippen molar-refractivity contribution in [2.45, 2.75) is 19.4 Å². The smallest absolute Gasteiger partial charge is 0.141 e. The van der Waals surface area contributed by atoms with E-state index in [1.54, 1.807) is 6.07 Å². The van der Waals surface area contributed by atoms with Crippen LogP contribution in [0.25, 0.3) is 0 Å². The lowest BCUT2D eigenvalue weighted by Crippen LogP contribution is -2.44. The largest absolute Gasteiger partial charge is 0.368 e. The molecule has 1 N–H and O–H groups in total. The molecule has 0 spiro atoms. The zero-order valence-corrected chi connectivity index (χ0v) is 9.71. The Morgan fingerprint density at radius 2 is 2.07 bits per heavy atom. The lowest BCUT2D eigenvalue weighted by molar-refractivity contribution is 0.210. The molecular formula is C11H18FN3. The molecule has 0 bridgehead atoms. The Balaban J connectivity index is 2.54. The van der Waals surface area contributed by atoms with Crippen molar-refractivity contribution in [3.63, 3.8) is 0 Å². The standard InChI is InChI=1S/C11H18FN3/c1-11(2,15(3)4)8-14-10-6-5-9(12)7-13-10/h5-7H,8H2,1-4H3,(H,13,14). The van der Waals surface area contributed by atoms with Gasteiger partial charge in [0.2, 0.25) is 0 Å². The fourth-order valence-corrected chi connectivity index (χ4v) is 0.945. The van der Waals surface area contributed by atoms with Crippen LogP contribution in [0, 0.1) is 5.82 Å². The van der Waals surface area contributed by atoms with Crippen LogP contribution in [0.5, 0.6) is 0 Å². The number of nitrogens with zero attached hydrogens (tertiary/aromatic N) is 2. The van der Waals surface area contributed by atoms with Crippen LogP contribution in [-0.4, -0.2) is 36.1 Å². The zero-order valence-electron chi connectivity index (χ0n) is 9.71. The Morgan fingerprint density at radius 3 is 2.53 bits per heavy atom. The Morgan fingerprint density at radius 1 is 1.40 bits per heavy atom. The molecule has 1 heterocycles. The summed E-state index contributed by atoms with van der Waals surface area (Å²) in [6, 6.07) is 3.04. The molecule has 0 saturated heterocycles. The molecule has 4 heteroatoms. The van der Waals surface area contributed by atoms with Gasteiger partial charge in [-0.25, -0.2) is 9.37 Å². The molecule has 0 radical (unpaired) electrons. The summed E-state index contributed by atoms with van der Waals surface area (Å²) in [4.78, 5) is 6.06. The second-order valence-corrected chi connectivity index (χ2v) is 4.42. The van der Waals surface area contributed by atoms with Crippen molar-refractivity contribution >= 4 is 5.82 Å². The van der Waals surface area contributed by atoms with E-state index in [2.05, 4.69) is 29.0 Å². The monoisotopic (exact) mass is 211 g/mol. The van der Waals surface area contributed by atoms with Crippen LogP contribution in [0.4, 0.5) is 10.2 Å². The molecule has 84 valence electrons. The second-order valence-electron chi connectivity index (χ2n) is 4.42. The van der Waals surface area contributed by atoms with E-state index in [-0.39, 0.29) is 11.4 Å². The van der Waals surface area contributed by atoms with Crippen molar-refractivity contribution < 1.29 is 4.39 Å². The van der Waals surface area contributed by atoms with Gasteiger partial charge in [0, 0.05) is 12.1 Å². The minimum atomic E-state index is -0.313. The normalized spacial score (nSPS) is 11.9. The lowest BCUT2D eigenvalue weighted by Gasteiger charge is -2.32. The molecule has 0 fully saturated rings. The van der Waals surface area contributed by atoms with Gasteiger partial charge in [-0.3, -0.25) is 0 Å². The number of nitrogens with one attached hydrogen (secondary N) is 1. The summed E-state index contributed by atoms with van der Waals surface area (Å²) in [6.45, 7) is 5.02. The molecule has 0 aliphatic carbocycles. The van der Waals surface area contributed by atoms with Gasteiger partial charge in [-0.1, -0.05) is 0 Å². The number of rotatable bonds is 4. The minimum absolute atomic E-state index is 0.0378. The van der Waals surface area contributed by atoms with Gasteiger partial charge in [0.15, 0.2) is 0 Å². The van der Waals surface area contributed by atoms with Gasteiger partial charge < -0.3 is 10.2 Å². The van der Waals surface area contributed by atoms with Gasteiger partial charge in [0.25, 0.3) is 0 Å². The number of likely N-dealkylation sites (N-methyl/N-ethyl adjacent to an activating group) is 1. The maximum absolute atomic E-state index is 12.6. The van der Waals surface area contributed by atoms with Crippen LogP contribution in [0.1, 0.15) is 13.8 Å². The van der Waals surface area contributed by atoms with E-state index in [4.69, 9.17) is 0 Å². The van der Waals surface area contributed by atoms with Crippen LogP contribution in [-0.2, 0) is 0 Å². The van der Waals surface area contributed by atoms with Gasteiger partial charge in [0.05, 0.1) is 6.20 Å². The topological polar surface area (TPSA) is 28.2 Å². The van der Waals surface area contributed by atoms with Gasteiger partial charge in [-0.05, 0) is 40.1 Å². The van der Waals surface area contributed by atoms with E-state index >= 15 is 0 Å². The summed E-state index contributed by atoms with van der Waals surface area (Å²) in [7, 11) is 4.06. The first-order valence-electron chi connectivity index (χ1n) is 4.95. The SMILES string of the molecule is CN(C)C(C)(C)CNc1ccc(F)cn1. The summed E-state index contributed by atoms with van der Waals surface area (Å²) in [5.74, 6) is 0.388. The summed E-state index contributed by atoms with van der Waals surface area (Å²) in [6.07, 6.45) is 1.21. The van der Waals surface area contributed by atoms with Crippen molar-refractivity contribution in [2.24, 2.45) is 0 Å². The van der Waals surface area contributed by atoms with Crippen LogP contribution < -0.4 is 5.32 Å². The summed E-state index contributed by atoms with van der Waals surface area (Å²) in [5.41, 5.74) is 0.0378. The van der Waals surface area contributed by atoms with Crippen molar-refractivity contribution in [1.82, 2.24) is 9.88 Å². The number of pyridine rings is 1. The maximum Gasteiger partial charge on any atom is 0.141 e. The van der Waals surface area contributed by atoms with Crippen LogP contribution in [0.15, 0.2) is 18.3 Å². The molecule has 1 aromatic heterocycles. The Hall–Kier alpha value is -1.16. The Bertz CT molecular complexity index is 306. The average Bonchev–Trinajstić information content (AvgIpc) is 2.17. The van der Waals surface area contributed by atoms with Gasteiger partial charge in [0.1, 0.15) is 11.6 Å². The third kappa shape index (κ3) is 3.47. The van der Waals surface area contributed by atoms with Crippen LogP contribution >= 0.6 is 0 Å². The lowest BCUT2D eigenvalue weighted by atomic mass is 10.0. The molecule has 0 aliphatic rings. The quantitative estimate of drug-likeness (QED) is 0.825. The van der Waals surface area contributed by atoms with E-state index in [0.717, 1.165) is 6.54 Å². The fourth-order valence-electron chi connectivity index (χ4n) is 0.945. The number of halogens is 1. The van der Waals surface area contributed by atoms with E-state index in [1.807, 2.05) is 14.1 Å². The average molecular weight is 211 g/mol. The molecule has 3 nitrogen and oxygen atoms in total. The fraction of sp³-hybridized carbons (Fsp3) is 0.545. The molecule has 15 heavy (non-hydrogen) atoms. The Kier molecular flexibility index (Phi) is 3.63. The molecular weight excluding hydrogens is 193 g/mol. The van der Waals surface area contributed by atoms with Crippen LogP contribution in [0.2, 0.25) is 0 Å². The molecule has 1 aromatic rings. The van der Waals surface area contributed by atoms with Gasteiger partial charge in [-0.2, -0.15) is 0 Å². The number of hydrogen-bond donors (Lipinski definition) is 1. The predicted octanol–water partition coefficient (Wildman–Crippen LogP) is 1.97. The molecule has 1 rings (SSSR count). The van der Waals surface area contributed by atoms with Crippen molar-refractivity contribution in [2.75, 3.05) is 26.0 Å². The molecule has 0 aromatic carbocycles. The first kappa shape index (κ1) is 11.9. The van der Waals surface area contributed by atoms with Crippen molar-refractivity contribution in [3.05, 3.63) is 24.1 Å². The predicted molar refractivity (Wildman–Crippen MR) is 60.5 cm³/mol. The van der Waals surface area contributed by atoms with Crippen LogP contribution in [0.3, 0.4) is 0 Å². The molecule has 0 aliphatic heterocycles. The highest BCUT2D eigenvalue weighted by Crippen LogP contribution is 2.11. The van der Waals surface area contributed by atoms with E-state index < -0.39 is 0 Å². The molecule has 0 unspecified atom stereocenters. The first-order chi connectivity index (χ1) is 6.92. The molecule has 0 amide bonds. The highest BCUT2D eigenvalue weighted by molar-refractivity contribution is 5.34. The Labute approximate surface area is 90.3 Å².